The maximum Gasteiger partial charge on any atom is 0.138 e. The van der Waals surface area contributed by atoms with Gasteiger partial charge in [0.05, 0.1) is 6.20 Å². The Hall–Kier alpha value is -0.800. The highest BCUT2D eigenvalue weighted by Gasteiger charge is 2.13. The van der Waals surface area contributed by atoms with E-state index in [0.717, 1.165) is 25.3 Å². The first-order valence-electron chi connectivity index (χ1n) is 4.72. The summed E-state index contributed by atoms with van der Waals surface area (Å²) >= 11 is 0. The quantitative estimate of drug-likeness (QED) is 0.813. The normalized spacial score (nSPS) is 21.0. The third-order valence-corrected chi connectivity index (χ3v) is 2.19. The van der Waals surface area contributed by atoms with Crippen LogP contribution in [0.5, 0.6) is 5.75 Å². The van der Waals surface area contributed by atoms with Gasteiger partial charge in [-0.25, -0.2) is 0 Å². The minimum Gasteiger partial charge on any atom is -0.487 e. The van der Waals surface area contributed by atoms with Gasteiger partial charge in [-0.1, -0.05) is 0 Å². The number of hydrogen-bond acceptors (Lipinski definition) is 3. The van der Waals surface area contributed by atoms with Crippen LogP contribution in [0.2, 0.25) is 0 Å². The SMILES string of the molecule is Cl.c1cncc(OC2CCCNC2)c1. The largest absolute Gasteiger partial charge is 0.487 e. The fourth-order valence-electron chi connectivity index (χ4n) is 1.53. The molecule has 78 valence electrons. The van der Waals surface area contributed by atoms with E-state index in [-0.39, 0.29) is 12.4 Å². The Kier molecular flexibility index (Phi) is 4.70. The van der Waals surface area contributed by atoms with Gasteiger partial charge in [-0.05, 0) is 31.5 Å². The summed E-state index contributed by atoms with van der Waals surface area (Å²) in [6.07, 6.45) is 6.17. The Morgan fingerprint density at radius 1 is 1.50 bits per heavy atom. The second-order valence-electron chi connectivity index (χ2n) is 3.27. The predicted molar refractivity (Wildman–Crippen MR) is 58.0 cm³/mol. The molecule has 0 aromatic carbocycles. The lowest BCUT2D eigenvalue weighted by molar-refractivity contribution is 0.166. The molecule has 4 heteroatoms. The molecular formula is C10H15ClN2O. The van der Waals surface area contributed by atoms with Crippen LogP contribution in [0.3, 0.4) is 0 Å². The van der Waals surface area contributed by atoms with Gasteiger partial charge in [0.2, 0.25) is 0 Å². The fourth-order valence-corrected chi connectivity index (χ4v) is 1.53. The van der Waals surface area contributed by atoms with Crippen molar-refractivity contribution in [1.82, 2.24) is 10.3 Å². The number of ether oxygens (including phenoxy) is 1. The molecule has 1 saturated heterocycles. The third kappa shape index (κ3) is 3.16. The van der Waals surface area contributed by atoms with Crippen LogP contribution < -0.4 is 10.1 Å². The summed E-state index contributed by atoms with van der Waals surface area (Å²) in [6.45, 7) is 2.07. The van der Waals surface area contributed by atoms with Crippen molar-refractivity contribution in [3.8, 4) is 5.75 Å². The molecular weight excluding hydrogens is 200 g/mol. The number of rotatable bonds is 2. The zero-order valence-electron chi connectivity index (χ0n) is 7.98. The molecule has 1 aromatic heterocycles. The number of halogens is 1. The highest BCUT2D eigenvalue weighted by atomic mass is 35.5. The lowest BCUT2D eigenvalue weighted by atomic mass is 10.1. The molecule has 1 aliphatic heterocycles. The van der Waals surface area contributed by atoms with Crippen LogP contribution in [0.25, 0.3) is 0 Å². The lowest BCUT2D eigenvalue weighted by Crippen LogP contribution is -2.37. The van der Waals surface area contributed by atoms with Gasteiger partial charge >= 0.3 is 0 Å². The van der Waals surface area contributed by atoms with Crippen molar-refractivity contribution in [2.24, 2.45) is 0 Å². The first-order chi connectivity index (χ1) is 6.45. The number of piperidine rings is 1. The molecule has 0 spiro atoms. The number of aromatic nitrogens is 1. The van der Waals surface area contributed by atoms with Gasteiger partial charge < -0.3 is 10.1 Å². The minimum atomic E-state index is 0. The number of pyridine rings is 1. The number of nitrogens with one attached hydrogen (secondary N) is 1. The van der Waals surface area contributed by atoms with Crippen LogP contribution in [0.15, 0.2) is 24.5 Å². The molecule has 0 aliphatic carbocycles. The number of hydrogen-bond donors (Lipinski definition) is 1. The van der Waals surface area contributed by atoms with Crippen molar-refractivity contribution in [1.29, 1.82) is 0 Å². The Morgan fingerprint density at radius 3 is 3.07 bits per heavy atom. The minimum absolute atomic E-state index is 0. The Balaban J connectivity index is 0.000000980. The van der Waals surface area contributed by atoms with Gasteiger partial charge in [0.1, 0.15) is 11.9 Å². The molecule has 1 atom stereocenters. The van der Waals surface area contributed by atoms with Crippen LogP contribution in [0, 0.1) is 0 Å². The Bertz CT molecular complexity index is 250. The average Bonchev–Trinajstić information content (AvgIpc) is 2.21. The maximum atomic E-state index is 5.73. The molecule has 0 amide bonds. The smallest absolute Gasteiger partial charge is 0.138 e. The average molecular weight is 215 g/mol. The Morgan fingerprint density at radius 2 is 2.43 bits per heavy atom. The van der Waals surface area contributed by atoms with E-state index in [0.29, 0.717) is 6.10 Å². The summed E-state index contributed by atoms with van der Waals surface area (Å²) in [5, 5.41) is 3.31. The van der Waals surface area contributed by atoms with E-state index < -0.39 is 0 Å². The van der Waals surface area contributed by atoms with Crippen LogP contribution >= 0.6 is 12.4 Å². The fraction of sp³-hybridized carbons (Fsp3) is 0.500. The van der Waals surface area contributed by atoms with Crippen molar-refractivity contribution in [3.63, 3.8) is 0 Å². The summed E-state index contributed by atoms with van der Waals surface area (Å²) in [4.78, 5) is 4.00. The molecule has 0 bridgehead atoms. The molecule has 2 rings (SSSR count). The van der Waals surface area contributed by atoms with E-state index in [9.17, 15) is 0 Å². The zero-order valence-corrected chi connectivity index (χ0v) is 8.80. The summed E-state index contributed by atoms with van der Waals surface area (Å²) < 4.78 is 5.73. The molecule has 1 fully saturated rings. The van der Waals surface area contributed by atoms with Crippen molar-refractivity contribution in [2.75, 3.05) is 13.1 Å². The third-order valence-electron chi connectivity index (χ3n) is 2.19. The second kappa shape index (κ2) is 5.83. The van der Waals surface area contributed by atoms with Crippen molar-refractivity contribution in [3.05, 3.63) is 24.5 Å². The molecule has 1 N–H and O–H groups in total. The van der Waals surface area contributed by atoms with E-state index in [1.165, 1.54) is 6.42 Å². The van der Waals surface area contributed by atoms with E-state index >= 15 is 0 Å². The topological polar surface area (TPSA) is 34.1 Å². The van der Waals surface area contributed by atoms with Gasteiger partial charge in [0.15, 0.2) is 0 Å². The molecule has 1 unspecified atom stereocenters. The van der Waals surface area contributed by atoms with Gasteiger partial charge in [-0.2, -0.15) is 0 Å². The summed E-state index contributed by atoms with van der Waals surface area (Å²) in [5.74, 6) is 0.871. The highest BCUT2D eigenvalue weighted by Crippen LogP contribution is 2.13. The van der Waals surface area contributed by atoms with E-state index in [1.54, 1.807) is 12.4 Å². The predicted octanol–water partition coefficient (Wildman–Crippen LogP) is 1.63. The van der Waals surface area contributed by atoms with Gasteiger partial charge in [-0.15, -0.1) is 12.4 Å². The number of nitrogens with zero attached hydrogens (tertiary/aromatic N) is 1. The summed E-state index contributed by atoms with van der Waals surface area (Å²) in [6, 6.07) is 3.84. The molecule has 14 heavy (non-hydrogen) atoms. The Labute approximate surface area is 90.3 Å². The van der Waals surface area contributed by atoms with Crippen molar-refractivity contribution in [2.45, 2.75) is 18.9 Å². The van der Waals surface area contributed by atoms with Gasteiger partial charge in [0.25, 0.3) is 0 Å². The molecule has 1 aliphatic rings. The molecule has 2 heterocycles. The van der Waals surface area contributed by atoms with Crippen molar-refractivity contribution >= 4 is 12.4 Å². The highest BCUT2D eigenvalue weighted by molar-refractivity contribution is 5.85. The lowest BCUT2D eigenvalue weighted by Gasteiger charge is -2.23. The first-order valence-corrected chi connectivity index (χ1v) is 4.72. The standard InChI is InChI=1S/C10H14N2O.ClH/c1-3-9(7-11-5-1)13-10-4-2-6-12-8-10;/h1,3,5,7,10,12H,2,4,6,8H2;1H. The van der Waals surface area contributed by atoms with Crippen LogP contribution in [-0.2, 0) is 0 Å². The molecule has 1 aromatic rings. The molecule has 0 saturated carbocycles. The summed E-state index contributed by atoms with van der Waals surface area (Å²) in [7, 11) is 0. The van der Waals surface area contributed by atoms with Crippen LogP contribution in [0.4, 0.5) is 0 Å². The first kappa shape index (κ1) is 11.3. The second-order valence-corrected chi connectivity index (χ2v) is 3.27. The van der Waals surface area contributed by atoms with Gasteiger partial charge in [-0.3, -0.25) is 4.98 Å². The van der Waals surface area contributed by atoms with Gasteiger partial charge in [0, 0.05) is 12.7 Å². The van der Waals surface area contributed by atoms with E-state index in [4.69, 9.17) is 4.74 Å². The monoisotopic (exact) mass is 214 g/mol. The van der Waals surface area contributed by atoms with E-state index in [1.807, 2.05) is 12.1 Å². The maximum absolute atomic E-state index is 5.73. The van der Waals surface area contributed by atoms with Crippen LogP contribution in [0.1, 0.15) is 12.8 Å². The van der Waals surface area contributed by atoms with E-state index in [2.05, 4.69) is 10.3 Å². The van der Waals surface area contributed by atoms with Crippen molar-refractivity contribution < 1.29 is 4.74 Å². The molecule has 3 nitrogen and oxygen atoms in total. The summed E-state index contributed by atoms with van der Waals surface area (Å²) in [5.41, 5.74) is 0. The zero-order chi connectivity index (χ0) is 8.93. The van der Waals surface area contributed by atoms with Crippen LogP contribution in [-0.4, -0.2) is 24.2 Å². The molecule has 0 radical (unpaired) electrons.